The Balaban J connectivity index is 1.21. The summed E-state index contributed by atoms with van der Waals surface area (Å²) in [5.41, 5.74) is 0.525. The van der Waals surface area contributed by atoms with Gasteiger partial charge in [-0.3, -0.25) is 19.1 Å². The van der Waals surface area contributed by atoms with E-state index in [-0.39, 0.29) is 56.0 Å². The molecule has 0 aliphatic carbocycles. The molecule has 1 aromatic rings. The van der Waals surface area contributed by atoms with Gasteiger partial charge in [0.25, 0.3) is 5.91 Å². The fourth-order valence-electron chi connectivity index (χ4n) is 4.03. The minimum Gasteiger partial charge on any atom is -0.466 e. The number of hydrogen-bond acceptors (Lipinski definition) is 11. The van der Waals surface area contributed by atoms with E-state index in [1.807, 2.05) is 17.9 Å². The van der Waals surface area contributed by atoms with Gasteiger partial charge in [0.1, 0.15) is 24.6 Å². The number of benzene rings is 1. The standard InChI is InChI=1S/C24H32N5O7P/c1-3-33-20(30)10-9-18-12-35-37(32,36-13-18)16-34-17(2)11-29-15-27-21-22(25-14-26-23(21)29)28-24(31)19-7-5-4-6-8-19/h4-8,14-15,17-18,21,23H,3,9-13,16H2,1-2H3,(H,25,26,28,31)/t17-,18?,21?,23?,37?/m1/s1. The van der Waals surface area contributed by atoms with Crippen molar-refractivity contribution in [2.45, 2.75) is 45.0 Å². The van der Waals surface area contributed by atoms with Crippen molar-refractivity contribution in [3.05, 3.63) is 35.9 Å². The molecule has 1 aromatic carbocycles. The molecule has 1 saturated heterocycles. The molecule has 0 radical (unpaired) electrons. The van der Waals surface area contributed by atoms with Gasteiger partial charge < -0.3 is 28.7 Å². The van der Waals surface area contributed by atoms with E-state index in [2.05, 4.69) is 20.3 Å². The Kier molecular flexibility index (Phi) is 9.20. The first-order valence-electron chi connectivity index (χ1n) is 12.3. The van der Waals surface area contributed by atoms with Crippen LogP contribution in [-0.2, 0) is 27.9 Å². The smallest absolute Gasteiger partial charge is 0.356 e. The molecular formula is C24H32N5O7P. The number of fused-ring (bicyclic) bond motifs is 1. The van der Waals surface area contributed by atoms with Crippen LogP contribution in [0.1, 0.15) is 37.0 Å². The molecule has 3 atom stereocenters. The van der Waals surface area contributed by atoms with E-state index in [9.17, 15) is 14.2 Å². The lowest BCUT2D eigenvalue weighted by atomic mass is 10.1. The van der Waals surface area contributed by atoms with Crippen molar-refractivity contribution in [1.82, 2.24) is 10.2 Å². The highest BCUT2D eigenvalue weighted by atomic mass is 31.2. The Morgan fingerprint density at radius 2 is 1.97 bits per heavy atom. The van der Waals surface area contributed by atoms with Crippen molar-refractivity contribution in [2.24, 2.45) is 20.9 Å². The average Bonchev–Trinajstić information content (AvgIpc) is 3.31. The third kappa shape index (κ3) is 7.32. The number of nitrogens with zero attached hydrogens (tertiary/aromatic N) is 4. The molecule has 0 spiro atoms. The molecule has 3 aliphatic rings. The number of rotatable bonds is 10. The Morgan fingerprint density at radius 1 is 1.22 bits per heavy atom. The normalized spacial score (nSPS) is 27.4. The zero-order valence-electron chi connectivity index (χ0n) is 20.9. The van der Waals surface area contributed by atoms with E-state index < -0.39 is 13.6 Å². The lowest BCUT2D eigenvalue weighted by molar-refractivity contribution is -0.143. The minimum atomic E-state index is -3.38. The van der Waals surface area contributed by atoms with Gasteiger partial charge in [0.05, 0.1) is 32.3 Å². The van der Waals surface area contributed by atoms with Crippen LogP contribution in [0.25, 0.3) is 0 Å². The van der Waals surface area contributed by atoms with Crippen LogP contribution in [0.2, 0.25) is 0 Å². The number of hydrogen-bond donors (Lipinski definition) is 1. The lowest BCUT2D eigenvalue weighted by Gasteiger charge is -2.31. The van der Waals surface area contributed by atoms with Crippen molar-refractivity contribution >= 4 is 38.0 Å². The molecule has 1 fully saturated rings. The van der Waals surface area contributed by atoms with Crippen LogP contribution in [-0.4, -0.2) is 86.3 Å². The highest BCUT2D eigenvalue weighted by Gasteiger charge is 2.38. The highest BCUT2D eigenvalue weighted by molar-refractivity contribution is 7.53. The summed E-state index contributed by atoms with van der Waals surface area (Å²) in [6, 6.07) is 8.43. The Hall–Kier alpha value is -2.92. The van der Waals surface area contributed by atoms with E-state index in [0.717, 1.165) is 0 Å². The van der Waals surface area contributed by atoms with Crippen molar-refractivity contribution in [3.63, 3.8) is 0 Å². The third-order valence-corrected chi connectivity index (χ3v) is 7.58. The Labute approximate surface area is 215 Å². The van der Waals surface area contributed by atoms with Crippen LogP contribution < -0.4 is 5.32 Å². The zero-order chi connectivity index (χ0) is 26.3. The van der Waals surface area contributed by atoms with Crippen LogP contribution in [0.15, 0.2) is 45.3 Å². The van der Waals surface area contributed by atoms with Gasteiger partial charge in [-0.05, 0) is 32.4 Å². The molecule has 200 valence electrons. The molecule has 0 bridgehead atoms. The Morgan fingerprint density at radius 3 is 2.70 bits per heavy atom. The maximum Gasteiger partial charge on any atom is 0.356 e. The largest absolute Gasteiger partial charge is 0.466 e. The molecule has 1 amide bonds. The molecule has 3 heterocycles. The first-order chi connectivity index (χ1) is 17.9. The lowest BCUT2D eigenvalue weighted by Crippen LogP contribution is -2.49. The van der Waals surface area contributed by atoms with Gasteiger partial charge in [0, 0.05) is 24.4 Å². The van der Waals surface area contributed by atoms with Gasteiger partial charge >= 0.3 is 13.6 Å². The summed E-state index contributed by atoms with van der Waals surface area (Å²) in [5.74, 6) is -0.129. The Bertz CT molecular complexity index is 1080. The monoisotopic (exact) mass is 533 g/mol. The molecule has 12 nitrogen and oxygen atoms in total. The quantitative estimate of drug-likeness (QED) is 0.357. The highest BCUT2D eigenvalue weighted by Crippen LogP contribution is 2.52. The van der Waals surface area contributed by atoms with Crippen LogP contribution in [0.5, 0.6) is 0 Å². The molecule has 13 heteroatoms. The number of amides is 1. The van der Waals surface area contributed by atoms with Crippen molar-refractivity contribution in [2.75, 3.05) is 32.7 Å². The molecule has 2 unspecified atom stereocenters. The van der Waals surface area contributed by atoms with E-state index >= 15 is 0 Å². The second-order valence-electron chi connectivity index (χ2n) is 8.94. The number of amidine groups is 1. The van der Waals surface area contributed by atoms with Gasteiger partial charge in [0.15, 0.2) is 6.17 Å². The predicted octanol–water partition coefficient (Wildman–Crippen LogP) is 2.46. The molecule has 3 aliphatic heterocycles. The number of carbonyl (C=O) groups is 2. The summed E-state index contributed by atoms with van der Waals surface area (Å²) in [6.07, 6.45) is 3.01. The summed E-state index contributed by atoms with van der Waals surface area (Å²) in [6.45, 7) is 4.85. The summed E-state index contributed by atoms with van der Waals surface area (Å²) in [4.78, 5) is 39.1. The van der Waals surface area contributed by atoms with E-state index in [1.165, 1.54) is 6.34 Å². The number of ether oxygens (including phenoxy) is 2. The first-order valence-corrected chi connectivity index (χ1v) is 14.0. The molecule has 0 saturated carbocycles. The van der Waals surface area contributed by atoms with Crippen LogP contribution in [0.3, 0.4) is 0 Å². The summed E-state index contributed by atoms with van der Waals surface area (Å²) >= 11 is 0. The van der Waals surface area contributed by atoms with Crippen LogP contribution in [0.4, 0.5) is 0 Å². The van der Waals surface area contributed by atoms with Gasteiger partial charge in [-0.2, -0.15) is 0 Å². The molecule has 1 N–H and O–H groups in total. The SMILES string of the molecule is CCOC(=O)CCC1COP(=O)(CO[C@H](C)CN2C=NC3C(NC(=O)c4ccccc4)=NC=NC32)OC1. The van der Waals surface area contributed by atoms with Crippen LogP contribution >= 0.6 is 7.60 Å². The fourth-order valence-corrected chi connectivity index (χ4v) is 5.57. The van der Waals surface area contributed by atoms with Gasteiger partial charge in [-0.1, -0.05) is 18.2 Å². The maximum atomic E-state index is 12.9. The van der Waals surface area contributed by atoms with Crippen molar-refractivity contribution in [1.29, 1.82) is 0 Å². The summed E-state index contributed by atoms with van der Waals surface area (Å²) in [5, 5.41) is 2.83. The topological polar surface area (TPSA) is 140 Å². The van der Waals surface area contributed by atoms with E-state index in [4.69, 9.17) is 18.5 Å². The molecule has 4 rings (SSSR count). The van der Waals surface area contributed by atoms with Crippen molar-refractivity contribution < 1.29 is 32.7 Å². The zero-order valence-corrected chi connectivity index (χ0v) is 21.8. The minimum absolute atomic E-state index is 0.0240. The molecule has 37 heavy (non-hydrogen) atoms. The number of esters is 1. The van der Waals surface area contributed by atoms with Gasteiger partial charge in [0.2, 0.25) is 0 Å². The third-order valence-electron chi connectivity index (χ3n) is 6.03. The van der Waals surface area contributed by atoms with Gasteiger partial charge in [-0.25, -0.2) is 9.98 Å². The number of carbonyl (C=O) groups excluding carboxylic acids is 2. The number of nitrogens with one attached hydrogen (secondary N) is 1. The number of aliphatic imine (C=N–C) groups is 3. The second-order valence-corrected chi connectivity index (χ2v) is 10.9. The summed E-state index contributed by atoms with van der Waals surface area (Å²) < 4.78 is 34.6. The average molecular weight is 534 g/mol. The van der Waals surface area contributed by atoms with E-state index in [0.29, 0.717) is 31.0 Å². The fraction of sp³-hybridized carbons (Fsp3) is 0.542. The maximum absolute atomic E-state index is 12.9. The first kappa shape index (κ1) is 27.1. The molecular weight excluding hydrogens is 501 g/mol. The summed E-state index contributed by atoms with van der Waals surface area (Å²) in [7, 11) is -3.38. The van der Waals surface area contributed by atoms with Gasteiger partial charge in [-0.15, -0.1) is 0 Å². The molecule has 0 aromatic heterocycles. The van der Waals surface area contributed by atoms with Crippen LogP contribution in [0, 0.1) is 5.92 Å². The van der Waals surface area contributed by atoms with E-state index in [1.54, 1.807) is 37.5 Å². The predicted molar refractivity (Wildman–Crippen MR) is 137 cm³/mol. The van der Waals surface area contributed by atoms with Crippen molar-refractivity contribution in [3.8, 4) is 0 Å². The second kappa shape index (κ2) is 12.6.